The van der Waals surface area contributed by atoms with Crippen molar-refractivity contribution in [2.45, 2.75) is 33.6 Å². The zero-order valence-electron chi connectivity index (χ0n) is 12.2. The standard InChI is InChI=1S/C13H27N3O3/c1-4-11(9-12(17)18)10-15-13(19)14-7-8-16(5-2)6-3/h11H,4-10H2,1-3H3,(H,17,18)(H2,14,15,19). The molecule has 6 nitrogen and oxygen atoms in total. The number of hydrogen-bond acceptors (Lipinski definition) is 3. The summed E-state index contributed by atoms with van der Waals surface area (Å²) < 4.78 is 0. The number of carbonyl (C=O) groups excluding carboxylic acids is 1. The van der Waals surface area contributed by atoms with Crippen LogP contribution in [-0.4, -0.2) is 54.7 Å². The molecule has 0 heterocycles. The first-order valence-corrected chi connectivity index (χ1v) is 6.99. The Bertz CT molecular complexity index is 268. The number of urea groups is 1. The van der Waals surface area contributed by atoms with Crippen LogP contribution in [0, 0.1) is 5.92 Å². The van der Waals surface area contributed by atoms with Crippen molar-refractivity contribution in [3.63, 3.8) is 0 Å². The number of aliphatic carboxylic acids is 1. The molecular formula is C13H27N3O3. The van der Waals surface area contributed by atoms with E-state index in [9.17, 15) is 9.59 Å². The summed E-state index contributed by atoms with van der Waals surface area (Å²) in [5.41, 5.74) is 0. The number of rotatable bonds is 10. The van der Waals surface area contributed by atoms with Gasteiger partial charge in [-0.25, -0.2) is 4.79 Å². The summed E-state index contributed by atoms with van der Waals surface area (Å²) in [5.74, 6) is -0.832. The Kier molecular flexibility index (Phi) is 9.88. The van der Waals surface area contributed by atoms with Crippen LogP contribution in [0.15, 0.2) is 0 Å². The monoisotopic (exact) mass is 273 g/mol. The molecule has 1 atom stereocenters. The second-order valence-electron chi connectivity index (χ2n) is 4.54. The first kappa shape index (κ1) is 17.7. The molecule has 1 unspecified atom stereocenters. The van der Waals surface area contributed by atoms with Crippen LogP contribution in [0.25, 0.3) is 0 Å². The van der Waals surface area contributed by atoms with Crippen LogP contribution in [0.1, 0.15) is 33.6 Å². The molecule has 0 aliphatic rings. The van der Waals surface area contributed by atoms with Crippen LogP contribution in [0.2, 0.25) is 0 Å². The molecule has 0 aromatic carbocycles. The number of hydrogen-bond donors (Lipinski definition) is 3. The normalized spacial score (nSPS) is 12.2. The molecule has 19 heavy (non-hydrogen) atoms. The lowest BCUT2D eigenvalue weighted by atomic mass is 10.0. The smallest absolute Gasteiger partial charge is 0.314 e. The van der Waals surface area contributed by atoms with Crippen molar-refractivity contribution < 1.29 is 14.7 Å². The number of nitrogens with one attached hydrogen (secondary N) is 2. The summed E-state index contributed by atoms with van der Waals surface area (Å²) in [6, 6.07) is -0.226. The number of nitrogens with zero attached hydrogens (tertiary/aromatic N) is 1. The number of carboxylic acids is 1. The van der Waals surface area contributed by atoms with Crippen LogP contribution in [-0.2, 0) is 4.79 Å². The zero-order chi connectivity index (χ0) is 14.7. The summed E-state index contributed by atoms with van der Waals surface area (Å²) in [6.45, 7) is 9.86. The molecule has 3 N–H and O–H groups in total. The van der Waals surface area contributed by atoms with E-state index in [1.807, 2.05) is 6.92 Å². The Balaban J connectivity index is 3.76. The SMILES string of the molecule is CCC(CNC(=O)NCCN(CC)CC)CC(=O)O. The predicted molar refractivity (Wildman–Crippen MR) is 75.2 cm³/mol. The third-order valence-corrected chi connectivity index (χ3v) is 3.20. The topological polar surface area (TPSA) is 81.7 Å². The van der Waals surface area contributed by atoms with E-state index in [1.165, 1.54) is 0 Å². The minimum atomic E-state index is -0.824. The maximum Gasteiger partial charge on any atom is 0.314 e. The van der Waals surface area contributed by atoms with Crippen molar-refractivity contribution in [2.75, 3.05) is 32.7 Å². The Morgan fingerprint density at radius 2 is 1.79 bits per heavy atom. The van der Waals surface area contributed by atoms with Crippen LogP contribution in [0.4, 0.5) is 4.79 Å². The molecule has 0 rings (SSSR count). The van der Waals surface area contributed by atoms with E-state index in [1.54, 1.807) is 0 Å². The van der Waals surface area contributed by atoms with Gasteiger partial charge in [-0.15, -0.1) is 0 Å². The number of likely N-dealkylation sites (N-methyl/N-ethyl adjacent to an activating group) is 1. The molecule has 0 saturated carbocycles. The van der Waals surface area contributed by atoms with Gasteiger partial charge in [0, 0.05) is 26.1 Å². The molecule has 0 aromatic rings. The summed E-state index contributed by atoms with van der Waals surface area (Å²) >= 11 is 0. The average Bonchev–Trinajstić information content (AvgIpc) is 2.39. The second-order valence-corrected chi connectivity index (χ2v) is 4.54. The average molecular weight is 273 g/mol. The van der Waals surface area contributed by atoms with Gasteiger partial charge >= 0.3 is 12.0 Å². The van der Waals surface area contributed by atoms with E-state index >= 15 is 0 Å². The Morgan fingerprint density at radius 1 is 1.16 bits per heavy atom. The third kappa shape index (κ3) is 9.30. The zero-order valence-corrected chi connectivity index (χ0v) is 12.2. The van der Waals surface area contributed by atoms with Crippen LogP contribution in [0.3, 0.4) is 0 Å². The van der Waals surface area contributed by atoms with Crippen LogP contribution in [0.5, 0.6) is 0 Å². The number of carboxylic acid groups (broad SMARTS) is 1. The van der Waals surface area contributed by atoms with Crippen molar-refractivity contribution in [1.82, 2.24) is 15.5 Å². The van der Waals surface area contributed by atoms with E-state index < -0.39 is 5.97 Å². The fourth-order valence-corrected chi connectivity index (χ4v) is 1.77. The van der Waals surface area contributed by atoms with Gasteiger partial charge in [0.05, 0.1) is 0 Å². The second kappa shape index (κ2) is 10.6. The van der Waals surface area contributed by atoms with Gasteiger partial charge in [-0.1, -0.05) is 27.2 Å². The van der Waals surface area contributed by atoms with Gasteiger partial charge in [0.25, 0.3) is 0 Å². The molecule has 0 aliphatic carbocycles. The van der Waals surface area contributed by atoms with Crippen LogP contribution < -0.4 is 10.6 Å². The Morgan fingerprint density at radius 3 is 2.26 bits per heavy atom. The fraction of sp³-hybridized carbons (Fsp3) is 0.846. The first-order chi connectivity index (χ1) is 9.03. The minimum absolute atomic E-state index is 0.00830. The van der Waals surface area contributed by atoms with Gasteiger partial charge in [-0.2, -0.15) is 0 Å². The highest BCUT2D eigenvalue weighted by Gasteiger charge is 2.12. The molecule has 0 aliphatic heterocycles. The van der Waals surface area contributed by atoms with Crippen LogP contribution >= 0.6 is 0 Å². The fourth-order valence-electron chi connectivity index (χ4n) is 1.77. The number of carbonyl (C=O) groups is 2. The third-order valence-electron chi connectivity index (χ3n) is 3.20. The van der Waals surface area contributed by atoms with Crippen molar-refractivity contribution in [1.29, 1.82) is 0 Å². The Hall–Kier alpha value is -1.30. The highest BCUT2D eigenvalue weighted by Crippen LogP contribution is 2.06. The first-order valence-electron chi connectivity index (χ1n) is 6.99. The molecule has 0 bridgehead atoms. The maximum atomic E-state index is 11.5. The molecule has 112 valence electrons. The molecule has 0 saturated heterocycles. The van der Waals surface area contributed by atoms with Gasteiger partial charge in [0.1, 0.15) is 0 Å². The molecule has 2 amide bonds. The molecule has 0 aromatic heterocycles. The minimum Gasteiger partial charge on any atom is -0.481 e. The van der Waals surface area contributed by atoms with E-state index in [0.29, 0.717) is 13.1 Å². The van der Waals surface area contributed by atoms with Crippen molar-refractivity contribution in [3.8, 4) is 0 Å². The van der Waals surface area contributed by atoms with Gasteiger partial charge in [-0.05, 0) is 19.0 Å². The van der Waals surface area contributed by atoms with E-state index in [2.05, 4.69) is 29.4 Å². The van der Waals surface area contributed by atoms with Gasteiger partial charge in [-0.3, -0.25) is 4.79 Å². The maximum absolute atomic E-state index is 11.5. The summed E-state index contributed by atoms with van der Waals surface area (Å²) in [7, 11) is 0. The van der Waals surface area contributed by atoms with Crippen molar-refractivity contribution in [3.05, 3.63) is 0 Å². The Labute approximate surface area is 115 Å². The van der Waals surface area contributed by atoms with Crippen molar-refractivity contribution in [2.24, 2.45) is 5.92 Å². The molecule has 0 fully saturated rings. The predicted octanol–water partition coefficient (Wildman–Crippen LogP) is 1.13. The highest BCUT2D eigenvalue weighted by atomic mass is 16.4. The molecular weight excluding hydrogens is 246 g/mol. The number of amides is 2. The summed E-state index contributed by atoms with van der Waals surface area (Å²) in [5, 5.41) is 14.2. The van der Waals surface area contributed by atoms with E-state index in [-0.39, 0.29) is 18.4 Å². The lowest BCUT2D eigenvalue weighted by molar-refractivity contribution is -0.138. The highest BCUT2D eigenvalue weighted by molar-refractivity contribution is 5.74. The summed E-state index contributed by atoms with van der Waals surface area (Å²) in [4.78, 5) is 24.3. The van der Waals surface area contributed by atoms with Gasteiger partial charge in [0.15, 0.2) is 0 Å². The molecule has 0 spiro atoms. The summed E-state index contributed by atoms with van der Waals surface area (Å²) in [6.07, 6.45) is 0.836. The van der Waals surface area contributed by atoms with Gasteiger partial charge in [0.2, 0.25) is 0 Å². The molecule has 0 radical (unpaired) electrons. The van der Waals surface area contributed by atoms with E-state index in [0.717, 1.165) is 26.1 Å². The largest absolute Gasteiger partial charge is 0.481 e. The quantitative estimate of drug-likeness (QED) is 0.557. The van der Waals surface area contributed by atoms with Gasteiger partial charge < -0.3 is 20.6 Å². The molecule has 6 heteroatoms. The lowest BCUT2D eigenvalue weighted by Gasteiger charge is -2.18. The van der Waals surface area contributed by atoms with Crippen molar-refractivity contribution >= 4 is 12.0 Å². The lowest BCUT2D eigenvalue weighted by Crippen LogP contribution is -2.42. The van der Waals surface area contributed by atoms with E-state index in [4.69, 9.17) is 5.11 Å².